The normalized spacial score (nSPS) is 14.6. The van der Waals surface area contributed by atoms with Crippen molar-refractivity contribution in [3.05, 3.63) is 54.4 Å². The second kappa shape index (κ2) is 7.00. The first-order valence-electron chi connectivity index (χ1n) is 7.57. The lowest BCUT2D eigenvalue weighted by molar-refractivity contribution is 0.142. The number of rotatable bonds is 4. The van der Waals surface area contributed by atoms with E-state index in [2.05, 4.69) is 9.88 Å². The molecule has 1 aliphatic rings. The molecule has 1 fully saturated rings. The van der Waals surface area contributed by atoms with E-state index in [-0.39, 0.29) is 0 Å². The average molecular weight is 313 g/mol. The highest BCUT2D eigenvalue weighted by atomic mass is 16.5. The van der Waals surface area contributed by atoms with Crippen LogP contribution in [0.4, 0.5) is 10.5 Å². The SMILES string of the molecule is O=C(O)N1CCN(c2cncc(OCc3ccccc3)c2)CC1. The molecular formula is C17H19N3O3. The van der Waals surface area contributed by atoms with Gasteiger partial charge in [-0.05, 0) is 5.56 Å². The molecule has 0 aliphatic carbocycles. The summed E-state index contributed by atoms with van der Waals surface area (Å²) in [6.45, 7) is 2.83. The number of piperazine rings is 1. The van der Waals surface area contributed by atoms with Gasteiger partial charge in [-0.1, -0.05) is 30.3 Å². The minimum Gasteiger partial charge on any atom is -0.487 e. The van der Waals surface area contributed by atoms with Crippen molar-refractivity contribution in [2.45, 2.75) is 6.61 Å². The second-order valence-corrected chi connectivity index (χ2v) is 5.41. The number of pyridine rings is 1. The van der Waals surface area contributed by atoms with Crippen molar-refractivity contribution in [3.63, 3.8) is 0 Å². The third-order valence-electron chi connectivity index (χ3n) is 3.86. The number of anilines is 1. The molecule has 1 aromatic heterocycles. The molecule has 23 heavy (non-hydrogen) atoms. The maximum absolute atomic E-state index is 10.9. The summed E-state index contributed by atoms with van der Waals surface area (Å²) >= 11 is 0. The third-order valence-corrected chi connectivity index (χ3v) is 3.86. The number of carboxylic acid groups (broad SMARTS) is 1. The Morgan fingerprint density at radius 2 is 1.87 bits per heavy atom. The van der Waals surface area contributed by atoms with Crippen molar-refractivity contribution in [1.29, 1.82) is 0 Å². The zero-order chi connectivity index (χ0) is 16.1. The molecule has 6 nitrogen and oxygen atoms in total. The fourth-order valence-corrected chi connectivity index (χ4v) is 2.56. The standard InChI is InChI=1S/C17H19N3O3/c21-17(22)20-8-6-19(7-9-20)15-10-16(12-18-11-15)23-13-14-4-2-1-3-5-14/h1-5,10-12H,6-9,13H2,(H,21,22). The third kappa shape index (κ3) is 3.91. The van der Waals surface area contributed by atoms with Crippen molar-refractivity contribution in [1.82, 2.24) is 9.88 Å². The predicted molar refractivity (Wildman–Crippen MR) is 86.8 cm³/mol. The molecule has 2 aromatic rings. The van der Waals surface area contributed by atoms with Crippen molar-refractivity contribution in [2.24, 2.45) is 0 Å². The molecule has 0 unspecified atom stereocenters. The van der Waals surface area contributed by atoms with Gasteiger partial charge in [0.1, 0.15) is 12.4 Å². The lowest BCUT2D eigenvalue weighted by Gasteiger charge is -2.34. The molecule has 3 rings (SSSR count). The van der Waals surface area contributed by atoms with Crippen LogP contribution in [-0.4, -0.2) is 47.3 Å². The van der Waals surface area contributed by atoms with Crippen LogP contribution in [0.2, 0.25) is 0 Å². The Bertz CT molecular complexity index is 655. The second-order valence-electron chi connectivity index (χ2n) is 5.41. The summed E-state index contributed by atoms with van der Waals surface area (Å²) in [5.74, 6) is 0.715. The van der Waals surface area contributed by atoms with Crippen LogP contribution in [0.25, 0.3) is 0 Å². The summed E-state index contributed by atoms with van der Waals surface area (Å²) in [6, 6.07) is 11.9. The Morgan fingerprint density at radius 3 is 2.57 bits per heavy atom. The van der Waals surface area contributed by atoms with Gasteiger partial charge in [0.15, 0.2) is 0 Å². The van der Waals surface area contributed by atoms with Gasteiger partial charge < -0.3 is 19.6 Å². The first-order valence-corrected chi connectivity index (χ1v) is 7.57. The van der Waals surface area contributed by atoms with E-state index in [0.29, 0.717) is 38.5 Å². The number of nitrogens with zero attached hydrogens (tertiary/aromatic N) is 3. The molecule has 0 saturated carbocycles. The molecule has 1 aliphatic heterocycles. The molecule has 2 heterocycles. The van der Waals surface area contributed by atoms with Crippen LogP contribution in [0.5, 0.6) is 5.75 Å². The van der Waals surface area contributed by atoms with Crippen molar-refractivity contribution in [3.8, 4) is 5.75 Å². The molecule has 120 valence electrons. The van der Waals surface area contributed by atoms with Crippen LogP contribution >= 0.6 is 0 Å². The molecule has 1 amide bonds. The van der Waals surface area contributed by atoms with Crippen LogP contribution < -0.4 is 9.64 Å². The summed E-state index contributed by atoms with van der Waals surface area (Å²) in [7, 11) is 0. The van der Waals surface area contributed by atoms with Gasteiger partial charge in [0.25, 0.3) is 0 Å². The number of amides is 1. The van der Waals surface area contributed by atoms with Gasteiger partial charge in [-0.25, -0.2) is 4.79 Å². The fraction of sp³-hybridized carbons (Fsp3) is 0.294. The van der Waals surface area contributed by atoms with Gasteiger partial charge in [-0.2, -0.15) is 0 Å². The smallest absolute Gasteiger partial charge is 0.407 e. The number of aromatic nitrogens is 1. The zero-order valence-electron chi connectivity index (χ0n) is 12.8. The number of hydrogen-bond acceptors (Lipinski definition) is 4. The summed E-state index contributed by atoms with van der Waals surface area (Å²) in [5.41, 5.74) is 2.06. The lowest BCUT2D eigenvalue weighted by atomic mass is 10.2. The molecule has 0 radical (unpaired) electrons. The highest BCUT2D eigenvalue weighted by molar-refractivity contribution is 5.65. The van der Waals surface area contributed by atoms with Gasteiger partial charge in [0, 0.05) is 32.2 Å². The van der Waals surface area contributed by atoms with Crippen LogP contribution in [0.3, 0.4) is 0 Å². The van der Waals surface area contributed by atoms with Crippen LogP contribution in [0.1, 0.15) is 5.56 Å². The molecular weight excluding hydrogens is 294 g/mol. The number of ether oxygens (including phenoxy) is 1. The topological polar surface area (TPSA) is 65.9 Å². The van der Waals surface area contributed by atoms with Crippen LogP contribution in [-0.2, 0) is 6.61 Å². The first-order chi connectivity index (χ1) is 11.2. The summed E-state index contributed by atoms with van der Waals surface area (Å²) < 4.78 is 5.79. The van der Waals surface area contributed by atoms with E-state index in [1.807, 2.05) is 36.4 Å². The van der Waals surface area contributed by atoms with Gasteiger partial charge in [-0.15, -0.1) is 0 Å². The Kier molecular flexibility index (Phi) is 4.61. The average Bonchev–Trinajstić information content (AvgIpc) is 2.61. The van der Waals surface area contributed by atoms with E-state index in [4.69, 9.17) is 9.84 Å². The Labute approximate surface area is 134 Å². The van der Waals surface area contributed by atoms with E-state index in [0.717, 1.165) is 11.3 Å². The van der Waals surface area contributed by atoms with E-state index in [1.165, 1.54) is 4.90 Å². The molecule has 1 saturated heterocycles. The molecule has 0 spiro atoms. The molecule has 6 heteroatoms. The Hall–Kier alpha value is -2.76. The van der Waals surface area contributed by atoms with Crippen molar-refractivity contribution >= 4 is 11.8 Å². The maximum Gasteiger partial charge on any atom is 0.407 e. The van der Waals surface area contributed by atoms with Gasteiger partial charge in [-0.3, -0.25) is 4.98 Å². The monoisotopic (exact) mass is 313 g/mol. The van der Waals surface area contributed by atoms with E-state index < -0.39 is 6.09 Å². The number of benzene rings is 1. The molecule has 0 bridgehead atoms. The Balaban J connectivity index is 1.60. The van der Waals surface area contributed by atoms with Crippen molar-refractivity contribution < 1.29 is 14.6 Å². The highest BCUT2D eigenvalue weighted by Gasteiger charge is 2.20. The summed E-state index contributed by atoms with van der Waals surface area (Å²) in [6.07, 6.45) is 2.62. The van der Waals surface area contributed by atoms with Crippen molar-refractivity contribution in [2.75, 3.05) is 31.1 Å². The van der Waals surface area contributed by atoms with Crippen LogP contribution in [0, 0.1) is 0 Å². The van der Waals surface area contributed by atoms with E-state index >= 15 is 0 Å². The molecule has 1 aromatic carbocycles. The minimum atomic E-state index is -0.859. The zero-order valence-corrected chi connectivity index (χ0v) is 12.8. The van der Waals surface area contributed by atoms with Crippen LogP contribution in [0.15, 0.2) is 48.8 Å². The van der Waals surface area contributed by atoms with Gasteiger partial charge in [0.05, 0.1) is 18.1 Å². The summed E-state index contributed by atoms with van der Waals surface area (Å²) in [5, 5.41) is 8.99. The largest absolute Gasteiger partial charge is 0.487 e. The molecule has 0 atom stereocenters. The van der Waals surface area contributed by atoms with E-state index in [1.54, 1.807) is 12.4 Å². The maximum atomic E-state index is 10.9. The molecule has 1 N–H and O–H groups in total. The van der Waals surface area contributed by atoms with Gasteiger partial charge in [0.2, 0.25) is 0 Å². The highest BCUT2D eigenvalue weighted by Crippen LogP contribution is 2.21. The number of hydrogen-bond donors (Lipinski definition) is 1. The Morgan fingerprint density at radius 1 is 1.13 bits per heavy atom. The summed E-state index contributed by atoms with van der Waals surface area (Å²) in [4.78, 5) is 18.7. The van der Waals surface area contributed by atoms with E-state index in [9.17, 15) is 4.79 Å². The lowest BCUT2D eigenvalue weighted by Crippen LogP contribution is -2.48. The fourth-order valence-electron chi connectivity index (χ4n) is 2.56. The number of carbonyl (C=O) groups is 1. The minimum absolute atomic E-state index is 0.499. The first kappa shape index (κ1) is 15.1. The predicted octanol–water partition coefficient (Wildman–Crippen LogP) is 2.46. The quantitative estimate of drug-likeness (QED) is 0.939. The van der Waals surface area contributed by atoms with Gasteiger partial charge >= 0.3 is 6.09 Å².